The Labute approximate surface area is 175 Å². The van der Waals surface area contributed by atoms with E-state index in [1.807, 2.05) is 13.8 Å². The largest absolute Gasteiger partial charge is 0.573 e. The molecule has 1 amide bonds. The highest BCUT2D eigenvalue weighted by Crippen LogP contribution is 2.24. The molecule has 12 heteroatoms. The maximum atomic E-state index is 13.1. The van der Waals surface area contributed by atoms with Crippen molar-refractivity contribution in [3.05, 3.63) is 50.7 Å². The second-order valence-electron chi connectivity index (χ2n) is 7.02. The van der Waals surface area contributed by atoms with Crippen LogP contribution in [0.4, 0.5) is 24.7 Å². The molecule has 0 unspecified atom stereocenters. The van der Waals surface area contributed by atoms with Crippen LogP contribution in [0.25, 0.3) is 0 Å². The average molecular weight is 444 g/mol. The zero-order chi connectivity index (χ0) is 23.3. The van der Waals surface area contributed by atoms with Crippen molar-refractivity contribution in [3.63, 3.8) is 0 Å². The van der Waals surface area contributed by atoms with Gasteiger partial charge in [-0.1, -0.05) is 13.8 Å². The molecule has 0 saturated carbocycles. The minimum absolute atomic E-state index is 0.0167. The van der Waals surface area contributed by atoms with E-state index in [2.05, 4.69) is 9.72 Å². The molecule has 1 heterocycles. The number of nitrogens with one attached hydrogen (secondary N) is 1. The first-order chi connectivity index (χ1) is 14.4. The van der Waals surface area contributed by atoms with Gasteiger partial charge in [0.2, 0.25) is 0 Å². The Hall–Kier alpha value is -3.28. The van der Waals surface area contributed by atoms with Crippen LogP contribution in [0.2, 0.25) is 0 Å². The molecular weight excluding hydrogens is 421 g/mol. The van der Waals surface area contributed by atoms with E-state index in [0.717, 1.165) is 33.7 Å². The van der Waals surface area contributed by atoms with Crippen molar-refractivity contribution in [2.75, 3.05) is 30.9 Å². The number of aromatic nitrogens is 2. The van der Waals surface area contributed by atoms with Gasteiger partial charge in [-0.05, 0) is 30.2 Å². The molecule has 2 aromatic rings. The van der Waals surface area contributed by atoms with E-state index < -0.39 is 29.3 Å². The summed E-state index contributed by atoms with van der Waals surface area (Å²) in [6.07, 6.45) is -4.87. The molecule has 0 atom stereocenters. The smallest absolute Gasteiger partial charge is 0.406 e. The maximum Gasteiger partial charge on any atom is 0.573 e. The Balaban J connectivity index is 2.50. The minimum Gasteiger partial charge on any atom is -0.406 e. The van der Waals surface area contributed by atoms with Gasteiger partial charge in [0.1, 0.15) is 11.6 Å². The number of carbonyl (C=O) groups is 1. The highest BCUT2D eigenvalue weighted by Gasteiger charge is 2.31. The number of carbonyl (C=O) groups excluding carboxylic acids is 1. The Bertz CT molecular complexity index is 1030. The molecule has 0 fully saturated rings. The Morgan fingerprint density at radius 3 is 2.35 bits per heavy atom. The first kappa shape index (κ1) is 24.0. The monoisotopic (exact) mass is 444 g/mol. The van der Waals surface area contributed by atoms with E-state index in [4.69, 9.17) is 10.5 Å². The van der Waals surface area contributed by atoms with Crippen LogP contribution >= 0.6 is 0 Å². The molecule has 3 N–H and O–H groups in total. The summed E-state index contributed by atoms with van der Waals surface area (Å²) in [6, 6.07) is 4.19. The minimum atomic E-state index is -4.87. The van der Waals surface area contributed by atoms with Crippen molar-refractivity contribution in [3.8, 4) is 5.75 Å². The van der Waals surface area contributed by atoms with Gasteiger partial charge in [-0.25, -0.2) is 4.79 Å². The number of nitrogens with zero attached hydrogens (tertiary/aromatic N) is 2. The second kappa shape index (κ2) is 9.69. The molecule has 31 heavy (non-hydrogen) atoms. The summed E-state index contributed by atoms with van der Waals surface area (Å²) in [5.41, 5.74) is 4.22. The molecule has 2 rings (SSSR count). The van der Waals surface area contributed by atoms with Crippen molar-refractivity contribution in [1.29, 1.82) is 0 Å². The molecule has 0 radical (unpaired) electrons. The SMILES string of the molecule is COCCN(C(=O)c1ccc(OC(F)(F)F)cc1)c1c(N)n(CC(C)C)c(=O)[nH]c1=O. The number of amides is 1. The molecule has 0 aliphatic rings. The van der Waals surface area contributed by atoms with Crippen LogP contribution < -0.4 is 26.6 Å². The number of nitrogens with two attached hydrogens (primary N) is 1. The van der Waals surface area contributed by atoms with Gasteiger partial charge in [-0.3, -0.25) is 24.0 Å². The average Bonchev–Trinajstić information content (AvgIpc) is 2.66. The van der Waals surface area contributed by atoms with Crippen molar-refractivity contribution < 1.29 is 27.4 Å². The van der Waals surface area contributed by atoms with Crippen molar-refractivity contribution >= 4 is 17.4 Å². The summed E-state index contributed by atoms with van der Waals surface area (Å²) in [5, 5.41) is 0. The van der Waals surface area contributed by atoms with Gasteiger partial charge >= 0.3 is 12.1 Å². The third kappa shape index (κ3) is 6.10. The molecule has 0 spiro atoms. The normalized spacial score (nSPS) is 11.6. The number of nitrogen functional groups attached to an aromatic ring is 1. The fourth-order valence-corrected chi connectivity index (χ4v) is 2.84. The second-order valence-corrected chi connectivity index (χ2v) is 7.02. The molecule has 0 aliphatic heterocycles. The van der Waals surface area contributed by atoms with E-state index in [0.29, 0.717) is 0 Å². The molecule has 0 aliphatic carbocycles. The van der Waals surface area contributed by atoms with Gasteiger partial charge in [0.15, 0.2) is 5.69 Å². The molecule has 170 valence electrons. The first-order valence-corrected chi connectivity index (χ1v) is 9.23. The van der Waals surface area contributed by atoms with E-state index >= 15 is 0 Å². The number of anilines is 2. The van der Waals surface area contributed by atoms with E-state index in [1.54, 1.807) is 0 Å². The van der Waals surface area contributed by atoms with Gasteiger partial charge in [0, 0.05) is 25.8 Å². The van der Waals surface area contributed by atoms with Crippen LogP contribution in [0.5, 0.6) is 5.75 Å². The zero-order valence-corrected chi connectivity index (χ0v) is 17.2. The molecule has 1 aromatic carbocycles. The van der Waals surface area contributed by atoms with Crippen LogP contribution in [0.1, 0.15) is 24.2 Å². The molecule has 0 saturated heterocycles. The van der Waals surface area contributed by atoms with Crippen molar-refractivity contribution in [1.82, 2.24) is 9.55 Å². The molecule has 1 aromatic heterocycles. The third-order valence-corrected chi connectivity index (χ3v) is 4.13. The van der Waals surface area contributed by atoms with Gasteiger partial charge in [0.05, 0.1) is 6.61 Å². The van der Waals surface area contributed by atoms with Crippen LogP contribution in [0.3, 0.4) is 0 Å². The van der Waals surface area contributed by atoms with Gasteiger partial charge in [-0.2, -0.15) is 0 Å². The lowest BCUT2D eigenvalue weighted by Gasteiger charge is -2.25. The number of methoxy groups -OCH3 is 1. The Kier molecular flexibility index (Phi) is 7.50. The van der Waals surface area contributed by atoms with E-state index in [1.165, 1.54) is 7.11 Å². The Morgan fingerprint density at radius 2 is 1.84 bits per heavy atom. The maximum absolute atomic E-state index is 13.1. The lowest BCUT2D eigenvalue weighted by atomic mass is 10.1. The first-order valence-electron chi connectivity index (χ1n) is 9.23. The number of aromatic amines is 1. The fraction of sp³-hybridized carbons (Fsp3) is 0.421. The lowest BCUT2D eigenvalue weighted by Crippen LogP contribution is -2.42. The number of benzene rings is 1. The summed E-state index contributed by atoms with van der Waals surface area (Å²) in [7, 11) is 1.39. The third-order valence-electron chi connectivity index (χ3n) is 4.13. The zero-order valence-electron chi connectivity index (χ0n) is 17.2. The number of hydrogen-bond donors (Lipinski definition) is 2. The van der Waals surface area contributed by atoms with Crippen LogP contribution in [-0.4, -0.2) is 42.1 Å². The number of ether oxygens (including phenoxy) is 2. The number of halogens is 3. The molecule has 9 nitrogen and oxygen atoms in total. The number of alkyl halides is 3. The van der Waals surface area contributed by atoms with Crippen LogP contribution in [-0.2, 0) is 11.3 Å². The van der Waals surface area contributed by atoms with Crippen LogP contribution in [0, 0.1) is 5.92 Å². The fourth-order valence-electron chi connectivity index (χ4n) is 2.84. The van der Waals surface area contributed by atoms with Crippen molar-refractivity contribution in [2.24, 2.45) is 5.92 Å². The molecular formula is C19H23F3N4O5. The van der Waals surface area contributed by atoms with E-state index in [-0.39, 0.29) is 42.7 Å². The summed E-state index contributed by atoms with van der Waals surface area (Å²) < 4.78 is 47.0. The highest BCUT2D eigenvalue weighted by molar-refractivity contribution is 6.07. The highest BCUT2D eigenvalue weighted by atomic mass is 19.4. The van der Waals surface area contributed by atoms with Gasteiger partial charge in [0.25, 0.3) is 11.5 Å². The van der Waals surface area contributed by atoms with Crippen LogP contribution in [0.15, 0.2) is 33.9 Å². The summed E-state index contributed by atoms with van der Waals surface area (Å²) in [6.45, 7) is 3.82. The van der Waals surface area contributed by atoms with Crippen molar-refractivity contribution in [2.45, 2.75) is 26.8 Å². The predicted octanol–water partition coefficient (Wildman–Crippen LogP) is 1.97. The van der Waals surface area contributed by atoms with E-state index in [9.17, 15) is 27.6 Å². The number of rotatable bonds is 8. The Morgan fingerprint density at radius 1 is 1.23 bits per heavy atom. The summed E-state index contributed by atoms with van der Waals surface area (Å²) in [4.78, 5) is 40.9. The summed E-state index contributed by atoms with van der Waals surface area (Å²) in [5.74, 6) is -1.41. The number of hydrogen-bond acceptors (Lipinski definition) is 6. The predicted molar refractivity (Wildman–Crippen MR) is 107 cm³/mol. The van der Waals surface area contributed by atoms with Gasteiger partial charge < -0.3 is 15.2 Å². The topological polar surface area (TPSA) is 120 Å². The molecule has 0 bridgehead atoms. The summed E-state index contributed by atoms with van der Waals surface area (Å²) >= 11 is 0. The number of H-pyrrole nitrogens is 1. The van der Waals surface area contributed by atoms with Gasteiger partial charge in [-0.15, -0.1) is 13.2 Å². The quantitative estimate of drug-likeness (QED) is 0.643. The lowest BCUT2D eigenvalue weighted by molar-refractivity contribution is -0.274. The standard InChI is InChI=1S/C19H23F3N4O5/c1-11(2)10-26-15(23)14(16(27)24-18(26)29)25(8-9-30-3)17(28)12-4-6-13(7-5-12)31-19(20,21)22/h4-7,11H,8-10,23H2,1-3H3,(H,24,27,29).